The van der Waals surface area contributed by atoms with E-state index >= 15 is 0 Å². The van der Waals surface area contributed by atoms with E-state index in [0.717, 1.165) is 36.1 Å². The molecule has 0 fully saturated rings. The quantitative estimate of drug-likeness (QED) is 0.223. The number of pyridine rings is 1. The van der Waals surface area contributed by atoms with Crippen LogP contribution in [0.5, 0.6) is 0 Å². The monoisotopic (exact) mass is 533 g/mol. The summed E-state index contributed by atoms with van der Waals surface area (Å²) >= 11 is 8.31. The van der Waals surface area contributed by atoms with E-state index in [1.807, 2.05) is 36.3 Å². The SMILES string of the molecule is C=C(NCc1ccc(SCC)cc1)N(C)CC(c1cccc(Cl)c1)C(C)/C(=C/C)c1ccncc1CC. The van der Waals surface area contributed by atoms with Crippen LogP contribution in [0.2, 0.25) is 5.02 Å². The Kier molecular flexibility index (Phi) is 11.2. The summed E-state index contributed by atoms with van der Waals surface area (Å²) in [4.78, 5) is 7.90. The van der Waals surface area contributed by atoms with Crippen molar-refractivity contribution in [1.82, 2.24) is 15.2 Å². The number of aromatic nitrogens is 1. The highest BCUT2D eigenvalue weighted by molar-refractivity contribution is 7.99. The summed E-state index contributed by atoms with van der Waals surface area (Å²) in [6.07, 6.45) is 7.09. The summed E-state index contributed by atoms with van der Waals surface area (Å²) in [5.41, 5.74) is 6.37. The van der Waals surface area contributed by atoms with Crippen LogP contribution in [0.1, 0.15) is 55.9 Å². The fourth-order valence-corrected chi connectivity index (χ4v) is 5.64. The number of benzene rings is 2. The lowest BCUT2D eigenvalue weighted by molar-refractivity contribution is 0.333. The molecule has 2 aromatic carbocycles. The molecule has 2 atom stereocenters. The first-order valence-electron chi connectivity index (χ1n) is 13.1. The summed E-state index contributed by atoms with van der Waals surface area (Å²) in [6, 6.07) is 19.2. The Morgan fingerprint density at radius 1 is 1.16 bits per heavy atom. The molecule has 37 heavy (non-hydrogen) atoms. The zero-order valence-electron chi connectivity index (χ0n) is 22.8. The van der Waals surface area contributed by atoms with Gasteiger partial charge in [0.1, 0.15) is 0 Å². The van der Waals surface area contributed by atoms with Gasteiger partial charge in [-0.1, -0.05) is 69.3 Å². The van der Waals surface area contributed by atoms with Gasteiger partial charge >= 0.3 is 0 Å². The number of aryl methyl sites for hydroxylation is 1. The number of hydrogen-bond donors (Lipinski definition) is 1. The fraction of sp³-hybridized carbons (Fsp3) is 0.344. The predicted molar refractivity (Wildman–Crippen MR) is 162 cm³/mol. The van der Waals surface area contributed by atoms with Crippen molar-refractivity contribution in [2.24, 2.45) is 5.92 Å². The van der Waals surface area contributed by atoms with E-state index in [-0.39, 0.29) is 11.8 Å². The van der Waals surface area contributed by atoms with Gasteiger partial charge in [0, 0.05) is 48.4 Å². The Labute approximate surface area is 233 Å². The average molecular weight is 534 g/mol. The largest absolute Gasteiger partial charge is 0.368 e. The van der Waals surface area contributed by atoms with Gasteiger partial charge in [0.05, 0.1) is 5.82 Å². The molecule has 0 amide bonds. The van der Waals surface area contributed by atoms with Crippen molar-refractivity contribution in [3.05, 3.63) is 113 Å². The maximum Gasteiger partial charge on any atom is 0.0938 e. The first-order valence-corrected chi connectivity index (χ1v) is 14.4. The zero-order chi connectivity index (χ0) is 26.8. The van der Waals surface area contributed by atoms with Crippen molar-refractivity contribution in [2.45, 2.75) is 51.5 Å². The van der Waals surface area contributed by atoms with Gasteiger partial charge in [0.2, 0.25) is 0 Å². The van der Waals surface area contributed by atoms with E-state index in [1.165, 1.54) is 32.7 Å². The minimum atomic E-state index is 0.219. The third-order valence-corrected chi connectivity index (χ3v) is 8.07. The van der Waals surface area contributed by atoms with Crippen molar-refractivity contribution in [2.75, 3.05) is 19.3 Å². The minimum absolute atomic E-state index is 0.219. The van der Waals surface area contributed by atoms with Crippen molar-refractivity contribution >= 4 is 28.9 Å². The number of thioether (sulfide) groups is 1. The van der Waals surface area contributed by atoms with Gasteiger partial charge in [0.15, 0.2) is 0 Å². The number of hydrogen-bond acceptors (Lipinski definition) is 4. The van der Waals surface area contributed by atoms with Gasteiger partial charge in [-0.15, -0.1) is 11.8 Å². The van der Waals surface area contributed by atoms with E-state index in [9.17, 15) is 0 Å². The molecule has 0 aliphatic heterocycles. The molecule has 0 radical (unpaired) electrons. The Balaban J connectivity index is 1.79. The second-order valence-corrected chi connectivity index (χ2v) is 11.1. The van der Waals surface area contributed by atoms with Crippen LogP contribution in [-0.4, -0.2) is 29.2 Å². The number of rotatable bonds is 13. The van der Waals surface area contributed by atoms with E-state index in [0.29, 0.717) is 0 Å². The molecule has 196 valence electrons. The lowest BCUT2D eigenvalue weighted by Crippen LogP contribution is -2.33. The van der Waals surface area contributed by atoms with Gasteiger partial charge in [-0.05, 0) is 83.2 Å². The second kappa shape index (κ2) is 14.3. The van der Waals surface area contributed by atoms with Crippen LogP contribution in [0.4, 0.5) is 0 Å². The van der Waals surface area contributed by atoms with Gasteiger partial charge < -0.3 is 10.2 Å². The fourth-order valence-electron chi connectivity index (χ4n) is 4.77. The molecule has 1 aromatic heterocycles. The first-order chi connectivity index (χ1) is 17.9. The molecule has 3 nitrogen and oxygen atoms in total. The molecule has 0 bridgehead atoms. The van der Waals surface area contributed by atoms with Crippen LogP contribution >= 0.6 is 23.4 Å². The van der Waals surface area contributed by atoms with Crippen LogP contribution in [0, 0.1) is 5.92 Å². The number of allylic oxidation sites excluding steroid dienone is 2. The number of nitrogens with one attached hydrogen (secondary N) is 1. The average Bonchev–Trinajstić information content (AvgIpc) is 2.91. The lowest BCUT2D eigenvalue weighted by Gasteiger charge is -2.33. The number of likely N-dealkylation sites (N-methyl/N-ethyl adjacent to an activating group) is 1. The number of nitrogens with zero attached hydrogens (tertiary/aromatic N) is 2. The molecule has 0 saturated carbocycles. The van der Waals surface area contributed by atoms with Crippen molar-refractivity contribution in [3.63, 3.8) is 0 Å². The van der Waals surface area contributed by atoms with Gasteiger partial charge in [-0.3, -0.25) is 4.98 Å². The molecule has 3 rings (SSSR count). The van der Waals surface area contributed by atoms with Crippen LogP contribution < -0.4 is 5.32 Å². The predicted octanol–water partition coefficient (Wildman–Crippen LogP) is 8.43. The van der Waals surface area contributed by atoms with Crippen molar-refractivity contribution in [3.8, 4) is 0 Å². The van der Waals surface area contributed by atoms with Crippen LogP contribution in [0.15, 0.2) is 90.4 Å². The molecule has 0 aliphatic rings. The van der Waals surface area contributed by atoms with E-state index in [2.05, 4.69) is 105 Å². The third-order valence-electron chi connectivity index (χ3n) is 6.94. The third kappa shape index (κ3) is 7.90. The topological polar surface area (TPSA) is 28.2 Å². The highest BCUT2D eigenvalue weighted by Crippen LogP contribution is 2.38. The molecule has 1 N–H and O–H groups in total. The van der Waals surface area contributed by atoms with Crippen molar-refractivity contribution in [1.29, 1.82) is 0 Å². The van der Waals surface area contributed by atoms with Gasteiger partial charge in [0.25, 0.3) is 0 Å². The Morgan fingerprint density at radius 2 is 1.92 bits per heavy atom. The summed E-state index contributed by atoms with van der Waals surface area (Å²) in [6.45, 7) is 14.7. The van der Waals surface area contributed by atoms with Gasteiger partial charge in [-0.2, -0.15) is 0 Å². The molecular formula is C32H40ClN3S. The Bertz CT molecular complexity index is 1190. The minimum Gasteiger partial charge on any atom is -0.368 e. The van der Waals surface area contributed by atoms with Crippen LogP contribution in [0.25, 0.3) is 5.57 Å². The normalized spacial score (nSPS) is 13.2. The Hall–Kier alpha value is -2.69. The van der Waals surface area contributed by atoms with Crippen molar-refractivity contribution < 1.29 is 0 Å². The molecule has 5 heteroatoms. The zero-order valence-corrected chi connectivity index (χ0v) is 24.4. The Morgan fingerprint density at radius 3 is 2.57 bits per heavy atom. The maximum absolute atomic E-state index is 6.45. The molecule has 0 aliphatic carbocycles. The summed E-state index contributed by atoms with van der Waals surface area (Å²) < 4.78 is 0. The van der Waals surface area contributed by atoms with E-state index < -0.39 is 0 Å². The standard InChI is InChI=1S/C32H40ClN3S/c1-7-26-21-34-18-17-31(26)30(8-2)23(4)32(27-11-10-12-28(33)19-27)22-36(6)24(5)35-20-25-13-15-29(16-14-25)37-9-3/h8,10-19,21,23,32,35H,5,7,9,20,22H2,1-4,6H3/b30-8-. The molecule has 3 aromatic rings. The number of halogens is 1. The lowest BCUT2D eigenvalue weighted by atomic mass is 9.78. The van der Waals surface area contributed by atoms with E-state index in [1.54, 1.807) is 0 Å². The second-order valence-electron chi connectivity index (χ2n) is 9.34. The van der Waals surface area contributed by atoms with E-state index in [4.69, 9.17) is 11.6 Å². The summed E-state index contributed by atoms with van der Waals surface area (Å²) in [7, 11) is 2.11. The molecule has 2 unspecified atom stereocenters. The first kappa shape index (κ1) is 28.9. The smallest absolute Gasteiger partial charge is 0.0938 e. The highest BCUT2D eigenvalue weighted by Gasteiger charge is 2.26. The van der Waals surface area contributed by atoms with Crippen LogP contribution in [0.3, 0.4) is 0 Å². The van der Waals surface area contributed by atoms with Crippen LogP contribution in [-0.2, 0) is 13.0 Å². The molecule has 0 spiro atoms. The molecule has 0 saturated heterocycles. The molecular weight excluding hydrogens is 494 g/mol. The van der Waals surface area contributed by atoms with Gasteiger partial charge in [-0.25, -0.2) is 0 Å². The molecule has 1 heterocycles. The highest BCUT2D eigenvalue weighted by atomic mass is 35.5. The summed E-state index contributed by atoms with van der Waals surface area (Å²) in [5, 5.41) is 4.29. The maximum atomic E-state index is 6.45. The summed E-state index contributed by atoms with van der Waals surface area (Å²) in [5.74, 6) is 2.47.